The van der Waals surface area contributed by atoms with E-state index in [0.29, 0.717) is 11.0 Å². The van der Waals surface area contributed by atoms with Crippen molar-refractivity contribution in [2.24, 2.45) is 0 Å². The second-order valence-corrected chi connectivity index (χ2v) is 4.80. The molecule has 1 heterocycles. The third kappa shape index (κ3) is 3.05. The summed E-state index contributed by atoms with van der Waals surface area (Å²) in [5, 5.41) is 0.0893. The Balaban J connectivity index is 2.16. The molecule has 0 amide bonds. The van der Waals surface area contributed by atoms with Gasteiger partial charge in [0.25, 0.3) is 0 Å². The molecule has 2 rings (SSSR count). The zero-order valence-electron chi connectivity index (χ0n) is 9.62. The normalized spacial score (nSPS) is 12.6. The summed E-state index contributed by atoms with van der Waals surface area (Å²) in [5.41, 5.74) is 2.36. The van der Waals surface area contributed by atoms with Crippen LogP contribution in [-0.2, 0) is 6.42 Å². The van der Waals surface area contributed by atoms with Crippen molar-refractivity contribution >= 4 is 23.2 Å². The molecule has 0 aliphatic heterocycles. The van der Waals surface area contributed by atoms with Crippen LogP contribution in [0.15, 0.2) is 40.8 Å². The molecule has 0 aliphatic carbocycles. The topological polar surface area (TPSA) is 13.1 Å². The minimum Gasteiger partial charge on any atom is -0.448 e. The van der Waals surface area contributed by atoms with Crippen LogP contribution in [0.2, 0.25) is 5.22 Å². The maximum absolute atomic E-state index is 6.32. The zero-order chi connectivity index (χ0) is 12.3. The molecule has 0 spiro atoms. The number of hydrogen-bond acceptors (Lipinski definition) is 1. The SMILES string of the molecule is CCCc1ccc(C(Cl)c2ccc(Cl)o2)cc1. The highest BCUT2D eigenvalue weighted by atomic mass is 35.5. The Morgan fingerprint density at radius 1 is 1.12 bits per heavy atom. The molecule has 0 N–H and O–H groups in total. The fourth-order valence-corrected chi connectivity index (χ4v) is 2.19. The predicted molar refractivity (Wildman–Crippen MR) is 71.9 cm³/mol. The van der Waals surface area contributed by atoms with E-state index in [-0.39, 0.29) is 5.38 Å². The van der Waals surface area contributed by atoms with Gasteiger partial charge in [0.15, 0.2) is 5.22 Å². The van der Waals surface area contributed by atoms with Gasteiger partial charge in [-0.1, -0.05) is 37.6 Å². The van der Waals surface area contributed by atoms with E-state index in [0.717, 1.165) is 18.4 Å². The third-order valence-electron chi connectivity index (χ3n) is 2.65. The van der Waals surface area contributed by atoms with E-state index in [1.807, 2.05) is 12.1 Å². The van der Waals surface area contributed by atoms with E-state index in [1.165, 1.54) is 5.56 Å². The van der Waals surface area contributed by atoms with Crippen molar-refractivity contribution in [2.75, 3.05) is 0 Å². The van der Waals surface area contributed by atoms with Crippen LogP contribution < -0.4 is 0 Å². The Morgan fingerprint density at radius 2 is 1.82 bits per heavy atom. The van der Waals surface area contributed by atoms with Gasteiger partial charge in [0.2, 0.25) is 0 Å². The lowest BCUT2D eigenvalue weighted by atomic mass is 10.0. The first-order valence-electron chi connectivity index (χ1n) is 5.69. The summed E-state index contributed by atoms with van der Waals surface area (Å²) >= 11 is 12.1. The van der Waals surface area contributed by atoms with Crippen molar-refractivity contribution in [1.29, 1.82) is 0 Å². The van der Waals surface area contributed by atoms with E-state index in [1.54, 1.807) is 12.1 Å². The molecule has 1 aromatic carbocycles. The minimum absolute atomic E-state index is 0.279. The highest BCUT2D eigenvalue weighted by molar-refractivity contribution is 6.29. The summed E-state index contributed by atoms with van der Waals surface area (Å²) in [6, 6.07) is 11.8. The van der Waals surface area contributed by atoms with E-state index in [2.05, 4.69) is 19.1 Å². The van der Waals surface area contributed by atoms with Gasteiger partial charge in [0.1, 0.15) is 11.1 Å². The fourth-order valence-electron chi connectivity index (χ4n) is 1.77. The Bertz CT molecular complexity index is 473. The highest BCUT2D eigenvalue weighted by Crippen LogP contribution is 2.31. The second kappa shape index (κ2) is 5.61. The monoisotopic (exact) mass is 268 g/mol. The van der Waals surface area contributed by atoms with Crippen molar-refractivity contribution in [3.8, 4) is 0 Å². The molecule has 2 aromatic rings. The summed E-state index contributed by atoms with van der Waals surface area (Å²) in [6.45, 7) is 2.17. The first-order valence-corrected chi connectivity index (χ1v) is 6.50. The van der Waals surface area contributed by atoms with Crippen molar-refractivity contribution < 1.29 is 4.42 Å². The molecule has 1 nitrogen and oxygen atoms in total. The van der Waals surface area contributed by atoms with Crippen LogP contribution >= 0.6 is 23.2 Å². The Morgan fingerprint density at radius 3 is 2.35 bits per heavy atom. The number of aryl methyl sites for hydroxylation is 1. The fraction of sp³-hybridized carbons (Fsp3) is 0.286. The number of benzene rings is 1. The molecule has 1 unspecified atom stereocenters. The van der Waals surface area contributed by atoms with Gasteiger partial charge >= 0.3 is 0 Å². The quantitative estimate of drug-likeness (QED) is 0.694. The van der Waals surface area contributed by atoms with Crippen LogP contribution in [0.25, 0.3) is 0 Å². The molecule has 0 aliphatic rings. The molecule has 1 aromatic heterocycles. The van der Waals surface area contributed by atoms with Gasteiger partial charge in [0, 0.05) is 0 Å². The number of furan rings is 1. The molecule has 3 heteroatoms. The summed E-state index contributed by atoms with van der Waals surface area (Å²) < 4.78 is 5.31. The zero-order valence-corrected chi connectivity index (χ0v) is 11.1. The molecule has 90 valence electrons. The van der Waals surface area contributed by atoms with Crippen LogP contribution in [0.1, 0.15) is 35.6 Å². The van der Waals surface area contributed by atoms with Gasteiger partial charge in [-0.15, -0.1) is 11.6 Å². The highest BCUT2D eigenvalue weighted by Gasteiger charge is 2.14. The molecular formula is C14H14Cl2O. The molecular weight excluding hydrogens is 255 g/mol. The van der Waals surface area contributed by atoms with E-state index in [9.17, 15) is 0 Å². The molecule has 1 atom stereocenters. The predicted octanol–water partition coefficient (Wildman–Crippen LogP) is 5.21. The minimum atomic E-state index is -0.279. The van der Waals surface area contributed by atoms with E-state index >= 15 is 0 Å². The molecule has 0 radical (unpaired) electrons. The summed E-state index contributed by atoms with van der Waals surface area (Å²) in [4.78, 5) is 0. The van der Waals surface area contributed by atoms with Crippen LogP contribution in [0.5, 0.6) is 0 Å². The van der Waals surface area contributed by atoms with Gasteiger partial charge in [-0.3, -0.25) is 0 Å². The van der Waals surface area contributed by atoms with Gasteiger partial charge < -0.3 is 4.42 Å². The summed E-state index contributed by atoms with van der Waals surface area (Å²) in [7, 11) is 0. The first kappa shape index (κ1) is 12.5. The lowest BCUT2D eigenvalue weighted by Gasteiger charge is -2.07. The average Bonchev–Trinajstić information content (AvgIpc) is 2.76. The molecule has 0 bridgehead atoms. The van der Waals surface area contributed by atoms with Crippen molar-refractivity contribution in [3.05, 3.63) is 58.5 Å². The number of rotatable bonds is 4. The van der Waals surface area contributed by atoms with Crippen LogP contribution in [-0.4, -0.2) is 0 Å². The Labute approximate surface area is 111 Å². The van der Waals surface area contributed by atoms with Gasteiger partial charge in [0.05, 0.1) is 0 Å². The third-order valence-corrected chi connectivity index (χ3v) is 3.33. The van der Waals surface area contributed by atoms with Crippen LogP contribution in [0, 0.1) is 0 Å². The van der Waals surface area contributed by atoms with Crippen molar-refractivity contribution in [2.45, 2.75) is 25.1 Å². The average molecular weight is 269 g/mol. The summed E-state index contributed by atoms with van der Waals surface area (Å²) in [5.74, 6) is 0.680. The van der Waals surface area contributed by atoms with Crippen LogP contribution in [0.4, 0.5) is 0 Å². The lowest BCUT2D eigenvalue weighted by Crippen LogP contribution is -1.92. The van der Waals surface area contributed by atoms with Crippen LogP contribution in [0.3, 0.4) is 0 Å². The standard InChI is InChI=1S/C14H14Cl2O/c1-2-3-10-4-6-11(7-5-10)14(16)12-8-9-13(15)17-12/h4-9,14H,2-3H2,1H3. The largest absolute Gasteiger partial charge is 0.448 e. The lowest BCUT2D eigenvalue weighted by molar-refractivity contribution is 0.518. The smallest absolute Gasteiger partial charge is 0.193 e. The Kier molecular flexibility index (Phi) is 4.14. The number of alkyl halides is 1. The van der Waals surface area contributed by atoms with E-state index < -0.39 is 0 Å². The van der Waals surface area contributed by atoms with E-state index in [4.69, 9.17) is 27.6 Å². The molecule has 0 saturated carbocycles. The number of hydrogen-bond donors (Lipinski definition) is 0. The van der Waals surface area contributed by atoms with Crippen molar-refractivity contribution in [1.82, 2.24) is 0 Å². The first-order chi connectivity index (χ1) is 8.20. The summed E-state index contributed by atoms with van der Waals surface area (Å²) in [6.07, 6.45) is 2.25. The van der Waals surface area contributed by atoms with Gasteiger partial charge in [-0.2, -0.15) is 0 Å². The van der Waals surface area contributed by atoms with Gasteiger partial charge in [-0.25, -0.2) is 0 Å². The maximum atomic E-state index is 6.32. The van der Waals surface area contributed by atoms with Crippen molar-refractivity contribution in [3.63, 3.8) is 0 Å². The molecule has 0 fully saturated rings. The number of halogens is 2. The Hall–Kier alpha value is -0.920. The van der Waals surface area contributed by atoms with Gasteiger partial charge in [-0.05, 0) is 41.3 Å². The molecule has 0 saturated heterocycles. The molecule has 17 heavy (non-hydrogen) atoms. The maximum Gasteiger partial charge on any atom is 0.193 e. The second-order valence-electron chi connectivity index (χ2n) is 4.00.